The molecule has 3 amide bonds. The van der Waals surface area contributed by atoms with E-state index in [1.165, 1.54) is 6.42 Å². The first-order chi connectivity index (χ1) is 20.0. The van der Waals surface area contributed by atoms with E-state index >= 15 is 0 Å². The van der Waals surface area contributed by atoms with Crippen molar-refractivity contribution in [3.63, 3.8) is 0 Å². The number of ether oxygens (including phenoxy) is 1. The molecule has 1 fully saturated rings. The predicted molar refractivity (Wildman–Crippen MR) is 165 cm³/mol. The Morgan fingerprint density at radius 3 is 2.14 bits per heavy atom. The lowest BCUT2D eigenvalue weighted by Crippen LogP contribution is -2.54. The van der Waals surface area contributed by atoms with Crippen LogP contribution in [0.15, 0.2) is 48.5 Å². The average molecular weight is 580 g/mol. The second kappa shape index (κ2) is 15.6. The molecule has 0 bridgehead atoms. The molecule has 8 heteroatoms. The summed E-state index contributed by atoms with van der Waals surface area (Å²) in [6.07, 6.45) is 7.05. The number of alkyl carbamates (subject to hydrolysis) is 1. The monoisotopic (exact) mass is 579 g/mol. The number of nitrogens with zero attached hydrogens (tertiary/aromatic N) is 1. The fraction of sp³-hybridized carbons (Fsp3) is 0.559. The van der Waals surface area contributed by atoms with Gasteiger partial charge in [0.15, 0.2) is 0 Å². The van der Waals surface area contributed by atoms with Crippen LogP contribution in [-0.2, 0) is 27.2 Å². The van der Waals surface area contributed by atoms with Gasteiger partial charge in [0.2, 0.25) is 11.8 Å². The third kappa shape index (κ3) is 10.1. The van der Waals surface area contributed by atoms with Gasteiger partial charge in [0.25, 0.3) is 0 Å². The Morgan fingerprint density at radius 2 is 1.57 bits per heavy atom. The van der Waals surface area contributed by atoms with Crippen LogP contribution in [-0.4, -0.2) is 52.1 Å². The summed E-state index contributed by atoms with van der Waals surface area (Å²) in [5.41, 5.74) is 1.90. The maximum absolute atomic E-state index is 14.5. The topological polar surface area (TPSA) is 108 Å². The van der Waals surface area contributed by atoms with Crippen molar-refractivity contribution in [3.8, 4) is 5.75 Å². The summed E-state index contributed by atoms with van der Waals surface area (Å²) in [5, 5.41) is 15.8. The third-order valence-electron chi connectivity index (χ3n) is 7.62. The Balaban J connectivity index is 2.01. The molecule has 1 aliphatic rings. The molecule has 42 heavy (non-hydrogen) atoms. The van der Waals surface area contributed by atoms with Crippen LogP contribution < -0.4 is 10.6 Å². The number of carbonyl (C=O) groups is 3. The highest BCUT2D eigenvalue weighted by molar-refractivity contribution is 5.92. The maximum Gasteiger partial charge on any atom is 0.408 e. The highest BCUT2D eigenvalue weighted by Crippen LogP contribution is 2.27. The zero-order chi connectivity index (χ0) is 30.7. The van der Waals surface area contributed by atoms with Crippen molar-refractivity contribution in [1.29, 1.82) is 0 Å². The number of rotatable bonds is 12. The van der Waals surface area contributed by atoms with E-state index in [1.54, 1.807) is 49.9 Å². The molecular weight excluding hydrogens is 530 g/mol. The molecule has 0 aromatic heterocycles. The van der Waals surface area contributed by atoms with Crippen LogP contribution >= 0.6 is 0 Å². The molecule has 1 saturated carbocycles. The number of unbranched alkanes of at least 4 members (excludes halogenated alkanes) is 1. The lowest BCUT2D eigenvalue weighted by atomic mass is 9.94. The van der Waals surface area contributed by atoms with Gasteiger partial charge in [-0.25, -0.2) is 4.79 Å². The first-order valence-electron chi connectivity index (χ1n) is 15.5. The van der Waals surface area contributed by atoms with Gasteiger partial charge in [-0.1, -0.05) is 75.9 Å². The normalized spacial score (nSPS) is 15.4. The number of hydrogen-bond acceptors (Lipinski definition) is 5. The molecule has 0 radical (unpaired) electrons. The lowest BCUT2D eigenvalue weighted by Gasteiger charge is -2.36. The number of benzene rings is 2. The van der Waals surface area contributed by atoms with Gasteiger partial charge in [-0.15, -0.1) is 0 Å². The van der Waals surface area contributed by atoms with Gasteiger partial charge in [-0.05, 0) is 75.3 Å². The molecule has 3 rings (SSSR count). The Hall–Kier alpha value is -3.55. The summed E-state index contributed by atoms with van der Waals surface area (Å²) in [6.45, 7) is 9.78. The van der Waals surface area contributed by atoms with Crippen LogP contribution in [0.1, 0.15) is 102 Å². The smallest absolute Gasteiger partial charge is 0.408 e. The predicted octanol–water partition coefficient (Wildman–Crippen LogP) is 6.21. The summed E-state index contributed by atoms with van der Waals surface area (Å²) >= 11 is 0. The van der Waals surface area contributed by atoms with Gasteiger partial charge in [-0.3, -0.25) is 9.59 Å². The van der Waals surface area contributed by atoms with E-state index in [4.69, 9.17) is 4.74 Å². The van der Waals surface area contributed by atoms with Gasteiger partial charge in [0.05, 0.1) is 0 Å². The van der Waals surface area contributed by atoms with E-state index in [-0.39, 0.29) is 30.0 Å². The highest BCUT2D eigenvalue weighted by atomic mass is 16.6. The van der Waals surface area contributed by atoms with Gasteiger partial charge in [0, 0.05) is 19.0 Å². The lowest BCUT2D eigenvalue weighted by molar-refractivity contribution is -0.143. The van der Waals surface area contributed by atoms with Crippen LogP contribution in [0, 0.1) is 0 Å². The molecule has 0 saturated heterocycles. The van der Waals surface area contributed by atoms with Crippen LogP contribution in [0.5, 0.6) is 5.75 Å². The summed E-state index contributed by atoms with van der Waals surface area (Å²) in [4.78, 5) is 43.1. The summed E-state index contributed by atoms with van der Waals surface area (Å²) in [7, 11) is 0. The number of carbonyl (C=O) groups excluding carboxylic acids is 3. The fourth-order valence-electron chi connectivity index (χ4n) is 5.35. The van der Waals surface area contributed by atoms with Gasteiger partial charge < -0.3 is 25.4 Å². The van der Waals surface area contributed by atoms with Crippen molar-refractivity contribution in [2.24, 2.45) is 0 Å². The van der Waals surface area contributed by atoms with Gasteiger partial charge in [0.1, 0.15) is 23.4 Å². The van der Waals surface area contributed by atoms with Crippen LogP contribution in [0.2, 0.25) is 0 Å². The zero-order valence-corrected chi connectivity index (χ0v) is 25.9. The molecule has 2 aromatic carbocycles. The van der Waals surface area contributed by atoms with E-state index < -0.39 is 23.8 Å². The van der Waals surface area contributed by atoms with E-state index in [1.807, 2.05) is 31.2 Å². The van der Waals surface area contributed by atoms with E-state index in [2.05, 4.69) is 17.6 Å². The molecular formula is C34H49N3O5. The van der Waals surface area contributed by atoms with Crippen molar-refractivity contribution < 1.29 is 24.2 Å². The van der Waals surface area contributed by atoms with Crippen LogP contribution in [0.4, 0.5) is 4.79 Å². The number of hydrogen-bond donors (Lipinski definition) is 3. The highest BCUT2D eigenvalue weighted by Gasteiger charge is 2.37. The van der Waals surface area contributed by atoms with E-state index in [0.717, 1.165) is 55.2 Å². The van der Waals surface area contributed by atoms with Crippen molar-refractivity contribution in [3.05, 3.63) is 65.2 Å². The summed E-state index contributed by atoms with van der Waals surface area (Å²) in [5.74, 6) is -0.441. The first kappa shape index (κ1) is 33.0. The first-order valence-corrected chi connectivity index (χ1v) is 15.5. The molecule has 230 valence electrons. The fourth-order valence-corrected chi connectivity index (χ4v) is 5.35. The Morgan fingerprint density at radius 1 is 0.952 bits per heavy atom. The quantitative estimate of drug-likeness (QED) is 0.277. The van der Waals surface area contributed by atoms with Gasteiger partial charge in [-0.2, -0.15) is 0 Å². The number of amides is 3. The van der Waals surface area contributed by atoms with Crippen LogP contribution in [0.3, 0.4) is 0 Å². The molecule has 0 aliphatic heterocycles. The summed E-state index contributed by atoms with van der Waals surface area (Å²) in [6, 6.07) is 12.7. The second-order valence-electron chi connectivity index (χ2n) is 12.3. The molecule has 3 N–H and O–H groups in total. The standard InChI is InChI=1S/C34H49N3O5/c1-6-8-22-37(30(26-18-14-24(7-2)15-19-26)31(39)35-27-12-10-9-11-13-27)32(40)29(36-33(41)42-34(3,4)5)23-25-16-20-28(38)21-17-25/h14-21,27,29-30,38H,6-13,22-23H2,1-5H3,(H,35,39)(H,36,41). The second-order valence-corrected chi connectivity index (χ2v) is 12.3. The number of aromatic hydroxyl groups is 1. The molecule has 8 nitrogen and oxygen atoms in total. The van der Waals surface area contributed by atoms with Crippen molar-refractivity contribution >= 4 is 17.9 Å². The Bertz CT molecular complexity index is 1150. The zero-order valence-electron chi connectivity index (χ0n) is 25.9. The Kier molecular flexibility index (Phi) is 12.3. The number of phenolic OH excluding ortho intramolecular Hbond substituents is 1. The molecule has 0 spiro atoms. The average Bonchev–Trinajstić information content (AvgIpc) is 2.95. The summed E-state index contributed by atoms with van der Waals surface area (Å²) < 4.78 is 5.51. The van der Waals surface area contributed by atoms with E-state index in [9.17, 15) is 19.5 Å². The molecule has 2 atom stereocenters. The van der Waals surface area contributed by atoms with Crippen molar-refractivity contribution in [1.82, 2.24) is 15.5 Å². The minimum Gasteiger partial charge on any atom is -0.508 e. The van der Waals surface area contributed by atoms with E-state index in [0.29, 0.717) is 13.0 Å². The molecule has 2 aromatic rings. The largest absolute Gasteiger partial charge is 0.508 e. The van der Waals surface area contributed by atoms with Gasteiger partial charge >= 0.3 is 6.09 Å². The van der Waals surface area contributed by atoms with Crippen molar-refractivity contribution in [2.75, 3.05) is 6.54 Å². The third-order valence-corrected chi connectivity index (χ3v) is 7.62. The minimum atomic E-state index is -0.985. The number of nitrogens with one attached hydrogen (secondary N) is 2. The number of aryl methyl sites for hydroxylation is 1. The maximum atomic E-state index is 14.5. The Labute approximate surface area is 251 Å². The molecule has 0 heterocycles. The number of phenols is 1. The molecule has 1 aliphatic carbocycles. The minimum absolute atomic E-state index is 0.0828. The SMILES string of the molecule is CCCCN(C(=O)C(Cc1ccc(O)cc1)NC(=O)OC(C)(C)C)C(C(=O)NC1CCCCC1)c1ccc(CC)cc1. The van der Waals surface area contributed by atoms with Crippen molar-refractivity contribution in [2.45, 2.75) is 116 Å². The van der Waals surface area contributed by atoms with Crippen LogP contribution in [0.25, 0.3) is 0 Å². The molecule has 2 unspecified atom stereocenters.